The third-order valence-corrected chi connectivity index (χ3v) is 4.07. The Morgan fingerprint density at radius 2 is 1.63 bits per heavy atom. The lowest BCUT2D eigenvalue weighted by Gasteiger charge is -2.17. The van der Waals surface area contributed by atoms with Crippen molar-refractivity contribution >= 4 is 23.5 Å². The van der Waals surface area contributed by atoms with Gasteiger partial charge in [-0.3, -0.25) is 9.59 Å². The Kier molecular flexibility index (Phi) is 7.11. The zero-order valence-corrected chi connectivity index (χ0v) is 15.8. The molecule has 0 saturated carbocycles. The standard InChI is InChI=1S/C21H24N2O4/c1-4-16-7-9-17(10-8-16)21(26)27-14-20(25)23(3)13-19(24)22-18-11-5-15(2)6-12-18/h5-12H,4,13-14H2,1-3H3,(H,22,24). The number of anilines is 1. The Bertz CT molecular complexity index is 798. The lowest BCUT2D eigenvalue weighted by atomic mass is 10.1. The molecule has 6 heteroatoms. The van der Waals surface area contributed by atoms with E-state index in [2.05, 4.69) is 5.32 Å². The van der Waals surface area contributed by atoms with Gasteiger partial charge >= 0.3 is 5.97 Å². The third kappa shape index (κ3) is 6.26. The summed E-state index contributed by atoms with van der Waals surface area (Å²) in [5, 5.41) is 2.72. The molecule has 0 unspecified atom stereocenters. The molecule has 2 aromatic rings. The molecule has 2 rings (SSSR count). The summed E-state index contributed by atoms with van der Waals surface area (Å²) in [7, 11) is 1.49. The Balaban J connectivity index is 1.79. The first kappa shape index (κ1) is 20.2. The molecule has 0 aliphatic heterocycles. The zero-order valence-electron chi connectivity index (χ0n) is 15.8. The van der Waals surface area contributed by atoms with E-state index in [0.717, 1.165) is 17.5 Å². The highest BCUT2D eigenvalue weighted by atomic mass is 16.5. The lowest BCUT2D eigenvalue weighted by molar-refractivity contribution is -0.136. The van der Waals surface area contributed by atoms with Gasteiger partial charge in [-0.2, -0.15) is 0 Å². The maximum atomic E-state index is 12.1. The topological polar surface area (TPSA) is 75.7 Å². The second kappa shape index (κ2) is 9.52. The van der Waals surface area contributed by atoms with E-state index >= 15 is 0 Å². The number of carbonyl (C=O) groups excluding carboxylic acids is 3. The Morgan fingerprint density at radius 1 is 1.00 bits per heavy atom. The molecule has 142 valence electrons. The van der Waals surface area contributed by atoms with Crippen LogP contribution >= 0.6 is 0 Å². The molecule has 0 bridgehead atoms. The van der Waals surface area contributed by atoms with Crippen molar-refractivity contribution in [1.82, 2.24) is 4.90 Å². The number of ether oxygens (including phenoxy) is 1. The molecule has 0 aromatic heterocycles. The van der Waals surface area contributed by atoms with Crippen molar-refractivity contribution in [2.24, 2.45) is 0 Å². The van der Waals surface area contributed by atoms with Gasteiger partial charge in [-0.25, -0.2) is 4.79 Å². The van der Waals surface area contributed by atoms with Gasteiger partial charge in [0.05, 0.1) is 12.1 Å². The summed E-state index contributed by atoms with van der Waals surface area (Å²) in [6, 6.07) is 14.4. The summed E-state index contributed by atoms with van der Waals surface area (Å²) >= 11 is 0. The third-order valence-electron chi connectivity index (χ3n) is 4.07. The smallest absolute Gasteiger partial charge is 0.338 e. The van der Waals surface area contributed by atoms with E-state index in [-0.39, 0.29) is 12.5 Å². The Hall–Kier alpha value is -3.15. The molecule has 0 spiro atoms. The van der Waals surface area contributed by atoms with E-state index in [9.17, 15) is 14.4 Å². The van der Waals surface area contributed by atoms with Gasteiger partial charge < -0.3 is 15.0 Å². The fourth-order valence-corrected chi connectivity index (χ4v) is 2.34. The van der Waals surface area contributed by atoms with Gasteiger partial charge in [0.15, 0.2) is 6.61 Å². The number of benzene rings is 2. The van der Waals surface area contributed by atoms with Crippen molar-refractivity contribution < 1.29 is 19.1 Å². The van der Waals surface area contributed by atoms with Gasteiger partial charge in [-0.1, -0.05) is 36.8 Å². The van der Waals surface area contributed by atoms with E-state index in [1.54, 1.807) is 24.3 Å². The second-order valence-electron chi connectivity index (χ2n) is 6.29. The molecule has 0 heterocycles. The molecular weight excluding hydrogens is 344 g/mol. The molecular formula is C21H24N2O4. The van der Waals surface area contributed by atoms with E-state index in [0.29, 0.717) is 11.3 Å². The first-order valence-electron chi connectivity index (χ1n) is 8.75. The van der Waals surface area contributed by atoms with Crippen LogP contribution in [0.5, 0.6) is 0 Å². The predicted octanol–water partition coefficient (Wildman–Crippen LogP) is 2.81. The lowest BCUT2D eigenvalue weighted by Crippen LogP contribution is -2.37. The monoisotopic (exact) mass is 368 g/mol. The molecule has 0 fully saturated rings. The fraction of sp³-hybridized carbons (Fsp3) is 0.286. The summed E-state index contributed by atoms with van der Waals surface area (Å²) in [4.78, 5) is 37.3. The van der Waals surface area contributed by atoms with Crippen LogP contribution in [0.15, 0.2) is 48.5 Å². The van der Waals surface area contributed by atoms with Crippen LogP contribution in [0, 0.1) is 6.92 Å². The minimum atomic E-state index is -0.566. The Morgan fingerprint density at radius 3 is 2.22 bits per heavy atom. The average molecular weight is 368 g/mol. The molecule has 0 aliphatic carbocycles. The highest BCUT2D eigenvalue weighted by molar-refractivity contribution is 5.95. The summed E-state index contributed by atoms with van der Waals surface area (Å²) in [5.74, 6) is -1.34. The number of hydrogen-bond acceptors (Lipinski definition) is 4. The Labute approximate surface area is 159 Å². The van der Waals surface area contributed by atoms with Gasteiger partial charge in [0.1, 0.15) is 0 Å². The van der Waals surface area contributed by atoms with Crippen LogP contribution in [0.3, 0.4) is 0 Å². The first-order chi connectivity index (χ1) is 12.9. The van der Waals surface area contributed by atoms with Crippen molar-refractivity contribution in [3.8, 4) is 0 Å². The maximum absolute atomic E-state index is 12.1. The van der Waals surface area contributed by atoms with Crippen LogP contribution in [-0.4, -0.2) is 42.9 Å². The number of amides is 2. The van der Waals surface area contributed by atoms with Crippen molar-refractivity contribution in [1.29, 1.82) is 0 Å². The molecule has 27 heavy (non-hydrogen) atoms. The number of rotatable bonds is 7. The van der Waals surface area contributed by atoms with Gasteiger partial charge in [0.25, 0.3) is 5.91 Å². The predicted molar refractivity (Wildman–Crippen MR) is 104 cm³/mol. The average Bonchev–Trinajstić information content (AvgIpc) is 2.67. The largest absolute Gasteiger partial charge is 0.452 e. The number of nitrogens with zero attached hydrogens (tertiary/aromatic N) is 1. The molecule has 0 aliphatic rings. The quantitative estimate of drug-likeness (QED) is 0.763. The highest BCUT2D eigenvalue weighted by Gasteiger charge is 2.16. The molecule has 0 radical (unpaired) electrons. The SMILES string of the molecule is CCc1ccc(C(=O)OCC(=O)N(C)CC(=O)Nc2ccc(C)cc2)cc1. The van der Waals surface area contributed by atoms with E-state index < -0.39 is 18.5 Å². The number of nitrogens with one attached hydrogen (secondary N) is 1. The van der Waals surface area contributed by atoms with E-state index in [1.165, 1.54) is 11.9 Å². The number of aryl methyl sites for hydroxylation is 2. The molecule has 2 amide bonds. The number of hydrogen-bond donors (Lipinski definition) is 1. The highest BCUT2D eigenvalue weighted by Crippen LogP contribution is 2.09. The van der Waals surface area contributed by atoms with Gasteiger partial charge in [0, 0.05) is 12.7 Å². The van der Waals surface area contributed by atoms with Crippen LogP contribution in [0.4, 0.5) is 5.69 Å². The number of esters is 1. The summed E-state index contributed by atoms with van der Waals surface area (Å²) < 4.78 is 5.04. The summed E-state index contributed by atoms with van der Waals surface area (Å²) in [6.45, 7) is 3.44. The van der Waals surface area contributed by atoms with Crippen LogP contribution in [0.2, 0.25) is 0 Å². The van der Waals surface area contributed by atoms with Crippen molar-refractivity contribution in [3.63, 3.8) is 0 Å². The van der Waals surface area contributed by atoms with Crippen LogP contribution < -0.4 is 5.32 Å². The molecule has 1 N–H and O–H groups in total. The first-order valence-corrected chi connectivity index (χ1v) is 8.75. The number of carbonyl (C=O) groups is 3. The second-order valence-corrected chi connectivity index (χ2v) is 6.29. The maximum Gasteiger partial charge on any atom is 0.338 e. The van der Waals surface area contributed by atoms with Crippen LogP contribution in [0.1, 0.15) is 28.4 Å². The van der Waals surface area contributed by atoms with Gasteiger partial charge in [0.2, 0.25) is 5.91 Å². The van der Waals surface area contributed by atoms with Crippen molar-refractivity contribution in [2.75, 3.05) is 25.5 Å². The summed E-state index contributed by atoms with van der Waals surface area (Å²) in [5.41, 5.74) is 3.25. The minimum absolute atomic E-state index is 0.130. The van der Waals surface area contributed by atoms with Crippen molar-refractivity contribution in [2.45, 2.75) is 20.3 Å². The fourth-order valence-electron chi connectivity index (χ4n) is 2.34. The normalized spacial score (nSPS) is 10.2. The summed E-state index contributed by atoms with van der Waals surface area (Å²) in [6.07, 6.45) is 0.878. The zero-order chi connectivity index (χ0) is 19.8. The molecule has 2 aromatic carbocycles. The number of likely N-dealkylation sites (N-methyl/N-ethyl adjacent to an activating group) is 1. The molecule has 0 saturated heterocycles. The molecule has 6 nitrogen and oxygen atoms in total. The van der Waals surface area contributed by atoms with Gasteiger partial charge in [-0.05, 0) is 43.2 Å². The van der Waals surface area contributed by atoms with Crippen LogP contribution in [0.25, 0.3) is 0 Å². The van der Waals surface area contributed by atoms with Crippen molar-refractivity contribution in [3.05, 3.63) is 65.2 Å². The minimum Gasteiger partial charge on any atom is -0.452 e. The van der Waals surface area contributed by atoms with E-state index in [4.69, 9.17) is 4.74 Å². The van der Waals surface area contributed by atoms with Gasteiger partial charge in [-0.15, -0.1) is 0 Å². The van der Waals surface area contributed by atoms with E-state index in [1.807, 2.05) is 38.1 Å². The van der Waals surface area contributed by atoms with Crippen LogP contribution in [-0.2, 0) is 20.7 Å². The molecule has 0 atom stereocenters.